The average Bonchev–Trinajstić information content (AvgIpc) is 2.88. The van der Waals surface area contributed by atoms with E-state index in [2.05, 4.69) is 0 Å². The SMILES string of the molecule is COC1CC(C2[OH+]C3CC(O)CC(O)C3CC2O[C@H]2O[C@@H](COC(=O)CC(=O)O)[C@H](O)[C@@H](O)[C@@H]2O)CCC1O. The van der Waals surface area contributed by atoms with E-state index in [1.165, 1.54) is 7.11 Å². The molecule has 0 amide bonds. The Balaban J connectivity index is 1.50. The molecule has 0 aromatic rings. The van der Waals surface area contributed by atoms with Gasteiger partial charge in [0.1, 0.15) is 43.5 Å². The summed E-state index contributed by atoms with van der Waals surface area (Å²) in [4.78, 5) is 22.4. The highest BCUT2D eigenvalue weighted by Gasteiger charge is 2.55. The van der Waals surface area contributed by atoms with Gasteiger partial charge in [0.2, 0.25) is 0 Å². The van der Waals surface area contributed by atoms with Gasteiger partial charge in [0, 0.05) is 25.9 Å². The van der Waals surface area contributed by atoms with Crippen molar-refractivity contribution in [3.05, 3.63) is 0 Å². The number of rotatable bonds is 8. The number of carbonyl (C=O) groups is 2. The number of aliphatic hydroxyl groups excluding tert-OH is 6. The third kappa shape index (κ3) is 7.07. The highest BCUT2D eigenvalue weighted by atomic mass is 16.7. The number of carboxylic acid groups (broad SMARTS) is 1. The molecule has 0 aromatic carbocycles. The summed E-state index contributed by atoms with van der Waals surface area (Å²) in [6.07, 6.45) is -10.1. The lowest BCUT2D eigenvalue weighted by Crippen LogP contribution is -2.63. The number of fused-ring (bicyclic) bond motifs is 1. The number of carboxylic acids is 1. The third-order valence-corrected chi connectivity index (χ3v) is 8.53. The monoisotopic (exact) mass is 565 g/mol. The van der Waals surface area contributed by atoms with Gasteiger partial charge < -0.3 is 59.4 Å². The molecular weight excluding hydrogens is 524 g/mol. The van der Waals surface area contributed by atoms with Crippen molar-refractivity contribution in [2.75, 3.05) is 13.7 Å². The number of esters is 1. The van der Waals surface area contributed by atoms with Crippen LogP contribution in [0.15, 0.2) is 0 Å². The van der Waals surface area contributed by atoms with Crippen molar-refractivity contribution in [3.63, 3.8) is 0 Å². The van der Waals surface area contributed by atoms with E-state index in [-0.39, 0.29) is 24.4 Å². The van der Waals surface area contributed by atoms with Gasteiger partial charge in [-0.2, -0.15) is 0 Å². The van der Waals surface area contributed by atoms with Crippen LogP contribution in [0.5, 0.6) is 0 Å². The van der Waals surface area contributed by atoms with Gasteiger partial charge in [-0.1, -0.05) is 0 Å². The van der Waals surface area contributed by atoms with E-state index in [0.717, 1.165) is 0 Å². The van der Waals surface area contributed by atoms with Gasteiger partial charge in [-0.15, -0.1) is 0 Å². The Morgan fingerprint density at radius 3 is 2.33 bits per heavy atom. The number of carbonyl (C=O) groups excluding carboxylic acids is 1. The summed E-state index contributed by atoms with van der Waals surface area (Å²) in [5.41, 5.74) is 0. The Labute approximate surface area is 225 Å². The largest absolute Gasteiger partial charge is 0.481 e. The fourth-order valence-corrected chi connectivity index (χ4v) is 6.43. The fourth-order valence-electron chi connectivity index (χ4n) is 6.43. The lowest BCUT2D eigenvalue weighted by atomic mass is 9.72. The summed E-state index contributed by atoms with van der Waals surface area (Å²) in [6.45, 7) is -0.577. The Kier molecular flexibility index (Phi) is 10.2. The van der Waals surface area contributed by atoms with Gasteiger partial charge in [0.15, 0.2) is 18.5 Å². The molecule has 14 nitrogen and oxygen atoms in total. The fraction of sp³-hybridized carbons (Fsp3) is 0.920. The van der Waals surface area contributed by atoms with E-state index in [9.17, 15) is 40.2 Å². The van der Waals surface area contributed by atoms with Crippen molar-refractivity contribution in [1.82, 2.24) is 0 Å². The minimum Gasteiger partial charge on any atom is -0.481 e. The van der Waals surface area contributed by atoms with Gasteiger partial charge in [-0.25, -0.2) is 0 Å². The topological polar surface area (TPSA) is 225 Å². The molecule has 4 rings (SSSR count). The first kappa shape index (κ1) is 30.5. The van der Waals surface area contributed by atoms with E-state index >= 15 is 0 Å². The quantitative estimate of drug-likeness (QED) is 0.0896. The summed E-state index contributed by atoms with van der Waals surface area (Å²) >= 11 is 0. The predicted molar refractivity (Wildman–Crippen MR) is 128 cm³/mol. The predicted octanol–water partition coefficient (Wildman–Crippen LogP) is -2.83. The second-order valence-corrected chi connectivity index (χ2v) is 11.2. The summed E-state index contributed by atoms with van der Waals surface area (Å²) in [7, 11) is 1.52. The van der Waals surface area contributed by atoms with Gasteiger partial charge >= 0.3 is 11.9 Å². The molecule has 14 heteroatoms. The van der Waals surface area contributed by atoms with Crippen molar-refractivity contribution >= 4 is 11.9 Å². The van der Waals surface area contributed by atoms with Crippen molar-refractivity contribution in [2.24, 2.45) is 11.8 Å². The molecule has 0 spiro atoms. The molecule has 9 unspecified atom stereocenters. The van der Waals surface area contributed by atoms with Gasteiger partial charge in [-0.3, -0.25) is 9.59 Å². The molecule has 2 heterocycles. The first-order valence-electron chi connectivity index (χ1n) is 13.5. The summed E-state index contributed by atoms with van der Waals surface area (Å²) in [6, 6.07) is 0. The molecule has 2 aliphatic carbocycles. The molecule has 2 saturated heterocycles. The smallest absolute Gasteiger partial charge is 0.317 e. The van der Waals surface area contributed by atoms with Crippen LogP contribution in [0.3, 0.4) is 0 Å². The first-order chi connectivity index (χ1) is 18.5. The minimum absolute atomic E-state index is 0.0791. The lowest BCUT2D eigenvalue weighted by molar-refractivity contribution is -0.356. The maximum Gasteiger partial charge on any atom is 0.317 e. The number of methoxy groups -OCH3 is 1. The van der Waals surface area contributed by atoms with Gasteiger partial charge in [0.25, 0.3) is 0 Å². The zero-order valence-electron chi connectivity index (χ0n) is 21.8. The normalized spacial score (nSPS) is 46.7. The maximum absolute atomic E-state index is 11.7. The Morgan fingerprint density at radius 2 is 1.64 bits per heavy atom. The molecule has 2 aliphatic heterocycles. The number of ether oxygens (including phenoxy) is 5. The molecule has 224 valence electrons. The van der Waals surface area contributed by atoms with Crippen LogP contribution in [0.4, 0.5) is 0 Å². The molecule has 0 aromatic heterocycles. The molecule has 0 bridgehead atoms. The lowest BCUT2D eigenvalue weighted by Gasteiger charge is -2.48. The minimum atomic E-state index is -1.71. The molecule has 8 N–H and O–H groups in total. The van der Waals surface area contributed by atoms with Gasteiger partial charge in [-0.05, 0) is 25.7 Å². The molecular formula is C25H41O14+. The molecule has 39 heavy (non-hydrogen) atoms. The van der Waals surface area contributed by atoms with E-state index in [4.69, 9.17) is 28.8 Å². The zero-order valence-corrected chi connectivity index (χ0v) is 21.8. The standard InChI is InChI=1S/C25H40O14/c1-35-16-4-10(2-3-13(16)27)24-17(7-12-14(28)5-11(26)6-15(12)37-24)38-25-23(34)22(33)21(32)18(39-25)9-36-20(31)8-19(29)30/h10-18,21-28,32-34H,2-9H2,1H3,(H,29,30)/p+1/t10?,11?,12?,13?,14?,15?,16?,17?,18-,21-,22+,23-,24?,25-/m0/s1. The van der Waals surface area contributed by atoms with E-state index in [1.54, 1.807) is 0 Å². The van der Waals surface area contributed by atoms with Crippen LogP contribution in [-0.4, -0.2) is 140 Å². The Bertz CT molecular complexity index is 842. The summed E-state index contributed by atoms with van der Waals surface area (Å²) < 4.78 is 27.2. The summed E-state index contributed by atoms with van der Waals surface area (Å²) in [5, 5.41) is 71.5. The van der Waals surface area contributed by atoms with Crippen molar-refractivity contribution in [3.8, 4) is 0 Å². The molecule has 0 radical (unpaired) electrons. The first-order valence-corrected chi connectivity index (χ1v) is 13.5. The van der Waals surface area contributed by atoms with Crippen LogP contribution in [0.2, 0.25) is 0 Å². The van der Waals surface area contributed by atoms with Gasteiger partial charge in [0.05, 0.1) is 30.3 Å². The maximum atomic E-state index is 11.7. The van der Waals surface area contributed by atoms with Crippen LogP contribution < -0.4 is 0 Å². The van der Waals surface area contributed by atoms with E-state index < -0.39 is 92.3 Å². The molecule has 2 saturated carbocycles. The second-order valence-electron chi connectivity index (χ2n) is 11.2. The number of hydrogen-bond donors (Lipinski definition) is 7. The van der Waals surface area contributed by atoms with Crippen molar-refractivity contribution in [1.29, 1.82) is 0 Å². The summed E-state index contributed by atoms with van der Waals surface area (Å²) in [5.74, 6) is -2.85. The van der Waals surface area contributed by atoms with Crippen molar-refractivity contribution in [2.45, 2.75) is 118 Å². The average molecular weight is 566 g/mol. The van der Waals surface area contributed by atoms with Crippen LogP contribution >= 0.6 is 0 Å². The van der Waals surface area contributed by atoms with E-state index in [0.29, 0.717) is 32.1 Å². The van der Waals surface area contributed by atoms with E-state index in [1.807, 2.05) is 0 Å². The molecule has 14 atom stereocenters. The van der Waals surface area contributed by atoms with Crippen LogP contribution in [0, 0.1) is 11.8 Å². The highest BCUT2D eigenvalue weighted by molar-refractivity contribution is 5.90. The van der Waals surface area contributed by atoms with Crippen LogP contribution in [0.1, 0.15) is 44.9 Å². The third-order valence-electron chi connectivity index (χ3n) is 8.53. The van der Waals surface area contributed by atoms with Crippen LogP contribution in [-0.2, 0) is 28.5 Å². The second kappa shape index (κ2) is 13.0. The number of hydrogen-bond acceptors (Lipinski definition) is 12. The zero-order chi connectivity index (χ0) is 28.4. The highest BCUT2D eigenvalue weighted by Crippen LogP contribution is 2.42. The Hall–Kier alpha value is -1.46. The number of aliphatic hydroxyl groups is 8. The molecule has 4 aliphatic rings. The van der Waals surface area contributed by atoms with Crippen LogP contribution in [0.25, 0.3) is 0 Å². The Morgan fingerprint density at radius 1 is 0.897 bits per heavy atom. The number of aliphatic carboxylic acids is 1. The van der Waals surface area contributed by atoms with Crippen molar-refractivity contribution < 1.29 is 69.0 Å². The molecule has 4 fully saturated rings.